The maximum absolute atomic E-state index is 11.2. The van der Waals surface area contributed by atoms with Gasteiger partial charge in [-0.2, -0.15) is 0 Å². The summed E-state index contributed by atoms with van der Waals surface area (Å²) in [4.78, 5) is 34.5. The maximum Gasteiger partial charge on any atom is 0.336 e. The maximum atomic E-state index is 11.2. The van der Waals surface area contributed by atoms with Gasteiger partial charge in [0.05, 0.1) is 10.5 Å². The average molecular weight is 234 g/mol. The van der Waals surface area contributed by atoms with Crippen LogP contribution in [-0.4, -0.2) is 21.0 Å². The van der Waals surface area contributed by atoms with Crippen molar-refractivity contribution in [2.24, 2.45) is 0 Å². The summed E-state index contributed by atoms with van der Waals surface area (Å²) in [7, 11) is 0. The van der Waals surface area contributed by atoms with Gasteiger partial charge in [0.2, 0.25) is 5.56 Å². The molecule has 0 bridgehead atoms. The minimum absolute atomic E-state index is 0.0811. The van der Waals surface area contributed by atoms with Gasteiger partial charge in [0.15, 0.2) is 0 Å². The molecular formula is C10H6N2O5. The number of aromatic amines is 1. The van der Waals surface area contributed by atoms with Crippen molar-refractivity contribution in [2.45, 2.75) is 0 Å². The van der Waals surface area contributed by atoms with E-state index in [4.69, 9.17) is 5.11 Å². The number of carboxylic acid groups (broad SMARTS) is 1. The fraction of sp³-hybridized carbons (Fsp3) is 0. The molecule has 2 N–H and O–H groups in total. The molecule has 0 unspecified atom stereocenters. The number of carboxylic acids is 1. The standard InChI is InChI=1S/C10H6N2O5/c13-8-4-6(10(14)15)5-2-1-3-7(12(16)17)9(5)11-8/h1-4H,(H,11,13)(H,14,15). The van der Waals surface area contributed by atoms with Crippen LogP contribution in [0.5, 0.6) is 0 Å². The minimum Gasteiger partial charge on any atom is -0.478 e. The Morgan fingerprint density at radius 3 is 2.71 bits per heavy atom. The second-order valence-corrected chi connectivity index (χ2v) is 3.31. The molecule has 0 aliphatic rings. The number of benzene rings is 1. The van der Waals surface area contributed by atoms with E-state index in [0.717, 1.165) is 6.07 Å². The molecule has 0 atom stereocenters. The van der Waals surface area contributed by atoms with Gasteiger partial charge >= 0.3 is 5.97 Å². The molecule has 0 aliphatic carbocycles. The number of para-hydroxylation sites is 1. The number of H-pyrrole nitrogens is 1. The van der Waals surface area contributed by atoms with Crippen molar-refractivity contribution in [3.05, 3.63) is 50.3 Å². The predicted molar refractivity (Wildman–Crippen MR) is 58.2 cm³/mol. The van der Waals surface area contributed by atoms with Crippen LogP contribution in [-0.2, 0) is 0 Å². The van der Waals surface area contributed by atoms with E-state index in [0.29, 0.717) is 0 Å². The van der Waals surface area contributed by atoms with Gasteiger partial charge in [0.25, 0.3) is 5.69 Å². The van der Waals surface area contributed by atoms with Crippen LogP contribution >= 0.6 is 0 Å². The van der Waals surface area contributed by atoms with Gasteiger partial charge in [-0.25, -0.2) is 4.79 Å². The van der Waals surface area contributed by atoms with Gasteiger partial charge < -0.3 is 10.1 Å². The largest absolute Gasteiger partial charge is 0.478 e. The van der Waals surface area contributed by atoms with Crippen LogP contribution in [0.4, 0.5) is 5.69 Å². The fourth-order valence-electron chi connectivity index (χ4n) is 1.59. The summed E-state index contributed by atoms with van der Waals surface area (Å²) in [6.45, 7) is 0. The number of fused-ring (bicyclic) bond motifs is 1. The summed E-state index contributed by atoms with van der Waals surface area (Å²) >= 11 is 0. The van der Waals surface area contributed by atoms with Gasteiger partial charge in [-0.3, -0.25) is 14.9 Å². The van der Waals surface area contributed by atoms with Crippen molar-refractivity contribution < 1.29 is 14.8 Å². The smallest absolute Gasteiger partial charge is 0.336 e. The third kappa shape index (κ3) is 1.73. The van der Waals surface area contributed by atoms with Gasteiger partial charge in [-0.15, -0.1) is 0 Å². The highest BCUT2D eigenvalue weighted by atomic mass is 16.6. The lowest BCUT2D eigenvalue weighted by Crippen LogP contribution is -2.11. The van der Waals surface area contributed by atoms with Crippen molar-refractivity contribution >= 4 is 22.6 Å². The average Bonchev–Trinajstić information content (AvgIpc) is 2.26. The quantitative estimate of drug-likeness (QED) is 0.597. The first-order valence-electron chi connectivity index (χ1n) is 4.54. The van der Waals surface area contributed by atoms with E-state index in [1.54, 1.807) is 0 Å². The molecular weight excluding hydrogens is 228 g/mol. The highest BCUT2D eigenvalue weighted by molar-refractivity contribution is 6.04. The molecule has 1 aromatic carbocycles. The van der Waals surface area contributed by atoms with E-state index in [-0.39, 0.29) is 22.2 Å². The summed E-state index contributed by atoms with van der Waals surface area (Å²) in [5.74, 6) is -1.30. The number of aromatic carboxylic acids is 1. The summed E-state index contributed by atoms with van der Waals surface area (Å²) in [6, 6.07) is 4.87. The van der Waals surface area contributed by atoms with E-state index in [1.165, 1.54) is 18.2 Å². The molecule has 0 aliphatic heterocycles. The van der Waals surface area contributed by atoms with Crippen LogP contribution in [0.25, 0.3) is 10.9 Å². The monoisotopic (exact) mass is 234 g/mol. The SMILES string of the molecule is O=C(O)c1cc(=O)[nH]c2c([N+](=O)[O-])cccc12. The lowest BCUT2D eigenvalue weighted by molar-refractivity contribution is -0.383. The first-order valence-corrected chi connectivity index (χ1v) is 4.54. The number of nitro groups is 1. The van der Waals surface area contributed by atoms with Gasteiger partial charge in [0.1, 0.15) is 5.52 Å². The molecule has 0 spiro atoms. The Labute approximate surface area is 93.5 Å². The number of nitro benzene ring substituents is 1. The van der Waals surface area contributed by atoms with Crippen LogP contribution in [0.1, 0.15) is 10.4 Å². The Kier molecular flexibility index (Phi) is 2.36. The molecule has 2 aromatic rings. The molecule has 7 heteroatoms. The van der Waals surface area contributed by atoms with E-state index in [9.17, 15) is 19.7 Å². The highest BCUT2D eigenvalue weighted by Crippen LogP contribution is 2.24. The fourth-order valence-corrected chi connectivity index (χ4v) is 1.59. The van der Waals surface area contributed by atoms with Crippen LogP contribution in [0, 0.1) is 10.1 Å². The first-order chi connectivity index (χ1) is 8.00. The number of hydrogen-bond acceptors (Lipinski definition) is 4. The Balaban J connectivity index is 2.98. The normalized spacial score (nSPS) is 10.4. The Bertz CT molecular complexity index is 689. The van der Waals surface area contributed by atoms with Gasteiger partial charge in [0, 0.05) is 17.5 Å². The van der Waals surface area contributed by atoms with Crippen molar-refractivity contribution in [2.75, 3.05) is 0 Å². The molecule has 1 heterocycles. The summed E-state index contributed by atoms with van der Waals surface area (Å²) in [6.07, 6.45) is 0. The van der Waals surface area contributed by atoms with Crippen LogP contribution in [0.15, 0.2) is 29.1 Å². The van der Waals surface area contributed by atoms with E-state index < -0.39 is 16.5 Å². The second-order valence-electron chi connectivity index (χ2n) is 3.31. The zero-order valence-corrected chi connectivity index (χ0v) is 8.34. The number of pyridine rings is 1. The van der Waals surface area contributed by atoms with Gasteiger partial charge in [-0.05, 0) is 0 Å². The highest BCUT2D eigenvalue weighted by Gasteiger charge is 2.17. The summed E-state index contributed by atoms with van der Waals surface area (Å²) < 4.78 is 0. The summed E-state index contributed by atoms with van der Waals surface area (Å²) in [5, 5.41) is 19.8. The summed E-state index contributed by atoms with van der Waals surface area (Å²) in [5.41, 5.74) is -1.36. The second kappa shape index (κ2) is 3.71. The van der Waals surface area contributed by atoms with Crippen LogP contribution in [0.3, 0.4) is 0 Å². The zero-order chi connectivity index (χ0) is 12.6. The molecule has 0 radical (unpaired) electrons. The number of hydrogen-bond donors (Lipinski definition) is 2. The molecule has 0 fully saturated rings. The molecule has 7 nitrogen and oxygen atoms in total. The number of non-ortho nitro benzene ring substituents is 1. The zero-order valence-electron chi connectivity index (χ0n) is 8.34. The number of nitrogens with one attached hydrogen (secondary N) is 1. The van der Waals surface area contributed by atoms with Crippen LogP contribution < -0.4 is 5.56 Å². The van der Waals surface area contributed by atoms with E-state index in [1.807, 2.05) is 0 Å². The third-order valence-corrected chi connectivity index (χ3v) is 2.28. The topological polar surface area (TPSA) is 113 Å². The Morgan fingerprint density at radius 1 is 1.41 bits per heavy atom. The molecule has 0 amide bonds. The Hall–Kier alpha value is -2.70. The number of carbonyl (C=O) groups is 1. The van der Waals surface area contributed by atoms with Crippen molar-refractivity contribution in [1.29, 1.82) is 0 Å². The minimum atomic E-state index is -1.30. The first kappa shape index (κ1) is 10.8. The van der Waals surface area contributed by atoms with E-state index in [2.05, 4.69) is 4.98 Å². The number of nitrogens with zero attached hydrogens (tertiary/aromatic N) is 1. The van der Waals surface area contributed by atoms with Crippen molar-refractivity contribution in [3.8, 4) is 0 Å². The third-order valence-electron chi connectivity index (χ3n) is 2.28. The molecule has 0 saturated carbocycles. The molecule has 2 rings (SSSR count). The predicted octanol–water partition coefficient (Wildman–Crippen LogP) is 1.13. The lowest BCUT2D eigenvalue weighted by atomic mass is 10.1. The van der Waals surface area contributed by atoms with Gasteiger partial charge in [-0.1, -0.05) is 12.1 Å². The van der Waals surface area contributed by atoms with Crippen molar-refractivity contribution in [3.63, 3.8) is 0 Å². The Morgan fingerprint density at radius 2 is 2.12 bits per heavy atom. The lowest BCUT2D eigenvalue weighted by Gasteiger charge is -2.02. The number of rotatable bonds is 2. The number of aromatic nitrogens is 1. The van der Waals surface area contributed by atoms with Crippen LogP contribution in [0.2, 0.25) is 0 Å². The molecule has 1 aromatic heterocycles. The van der Waals surface area contributed by atoms with E-state index >= 15 is 0 Å². The molecule has 17 heavy (non-hydrogen) atoms. The molecule has 86 valence electrons. The van der Waals surface area contributed by atoms with Crippen molar-refractivity contribution in [1.82, 2.24) is 4.98 Å². The molecule has 0 saturated heterocycles.